The van der Waals surface area contributed by atoms with Crippen molar-refractivity contribution in [2.45, 2.75) is 18.4 Å². The quantitative estimate of drug-likeness (QED) is 0.638. The van der Waals surface area contributed by atoms with E-state index in [9.17, 15) is 5.11 Å². The van der Waals surface area contributed by atoms with E-state index in [0.29, 0.717) is 6.54 Å². The van der Waals surface area contributed by atoms with Gasteiger partial charge in [-0.2, -0.15) is 0 Å². The molecule has 0 aromatic carbocycles. The molecule has 1 heterocycles. The van der Waals surface area contributed by atoms with Crippen molar-refractivity contribution < 1.29 is 5.11 Å². The third-order valence-corrected chi connectivity index (χ3v) is 2.35. The largest absolute Gasteiger partial charge is 0.384 e. The van der Waals surface area contributed by atoms with E-state index in [0.717, 1.165) is 25.9 Å². The normalized spacial score (nSPS) is 31.4. The highest BCUT2D eigenvalue weighted by molar-refractivity contribution is 5.00. The molecule has 2 nitrogen and oxygen atoms in total. The third-order valence-electron chi connectivity index (χ3n) is 2.35. The molecule has 0 aromatic heterocycles. The first-order valence-corrected chi connectivity index (χ1v) is 4.39. The molecule has 1 rings (SSSR count). The number of likely N-dealkylation sites (tertiary alicyclic amines) is 1. The first-order chi connectivity index (χ1) is 5.70. The molecule has 0 aliphatic carbocycles. The van der Waals surface area contributed by atoms with Crippen molar-refractivity contribution in [1.82, 2.24) is 4.90 Å². The summed E-state index contributed by atoms with van der Waals surface area (Å²) >= 11 is 0. The van der Waals surface area contributed by atoms with Crippen LogP contribution in [0.1, 0.15) is 12.8 Å². The van der Waals surface area contributed by atoms with Crippen molar-refractivity contribution in [3.8, 4) is 0 Å². The van der Waals surface area contributed by atoms with Crippen molar-refractivity contribution in [2.24, 2.45) is 0 Å². The van der Waals surface area contributed by atoms with Crippen molar-refractivity contribution in [2.75, 3.05) is 19.6 Å². The maximum atomic E-state index is 9.88. The van der Waals surface area contributed by atoms with Crippen LogP contribution in [0.25, 0.3) is 0 Å². The summed E-state index contributed by atoms with van der Waals surface area (Å²) in [7, 11) is 0. The molecule has 1 saturated heterocycles. The van der Waals surface area contributed by atoms with E-state index in [1.807, 2.05) is 6.08 Å². The number of hydrogen-bond donors (Lipinski definition) is 1. The van der Waals surface area contributed by atoms with Gasteiger partial charge in [-0.25, -0.2) is 0 Å². The molecule has 2 heteroatoms. The molecule has 1 fully saturated rings. The molecule has 0 saturated carbocycles. The van der Waals surface area contributed by atoms with Gasteiger partial charge in [0.25, 0.3) is 0 Å². The van der Waals surface area contributed by atoms with Crippen molar-refractivity contribution in [3.63, 3.8) is 0 Å². The van der Waals surface area contributed by atoms with E-state index < -0.39 is 5.60 Å². The summed E-state index contributed by atoms with van der Waals surface area (Å²) in [5, 5.41) is 9.88. The highest BCUT2D eigenvalue weighted by Gasteiger charge is 2.29. The zero-order valence-electron chi connectivity index (χ0n) is 7.50. The molecule has 0 spiro atoms. The highest BCUT2D eigenvalue weighted by Crippen LogP contribution is 2.21. The van der Waals surface area contributed by atoms with Crippen LogP contribution in [0.4, 0.5) is 0 Å². The Morgan fingerprint density at radius 2 is 2.25 bits per heavy atom. The lowest BCUT2D eigenvalue weighted by Gasteiger charge is -2.36. The lowest BCUT2D eigenvalue weighted by Crippen LogP contribution is -2.46. The summed E-state index contributed by atoms with van der Waals surface area (Å²) in [5.41, 5.74) is -0.665. The predicted molar refractivity (Wildman–Crippen MR) is 51.0 cm³/mol. The minimum atomic E-state index is -0.665. The molecule has 0 aromatic rings. The van der Waals surface area contributed by atoms with E-state index in [1.165, 1.54) is 0 Å². The van der Waals surface area contributed by atoms with Gasteiger partial charge in [-0.15, -0.1) is 13.2 Å². The van der Waals surface area contributed by atoms with Crippen molar-refractivity contribution in [3.05, 3.63) is 25.3 Å². The minimum absolute atomic E-state index is 0.665. The van der Waals surface area contributed by atoms with Gasteiger partial charge in [-0.1, -0.05) is 12.2 Å². The Morgan fingerprint density at radius 3 is 2.83 bits per heavy atom. The van der Waals surface area contributed by atoms with E-state index in [2.05, 4.69) is 18.1 Å². The van der Waals surface area contributed by atoms with E-state index in [-0.39, 0.29) is 0 Å². The summed E-state index contributed by atoms with van der Waals surface area (Å²) in [6.07, 6.45) is 5.40. The van der Waals surface area contributed by atoms with Crippen molar-refractivity contribution >= 4 is 0 Å². The molecule has 1 atom stereocenters. The highest BCUT2D eigenvalue weighted by atomic mass is 16.3. The summed E-state index contributed by atoms with van der Waals surface area (Å²) in [4.78, 5) is 2.19. The Kier molecular flexibility index (Phi) is 3.06. The maximum absolute atomic E-state index is 9.88. The second kappa shape index (κ2) is 3.87. The fourth-order valence-corrected chi connectivity index (χ4v) is 1.66. The van der Waals surface area contributed by atoms with E-state index in [4.69, 9.17) is 0 Å². The van der Waals surface area contributed by atoms with Crippen LogP contribution in [0.3, 0.4) is 0 Å². The monoisotopic (exact) mass is 167 g/mol. The Balaban J connectivity index is 2.50. The van der Waals surface area contributed by atoms with Gasteiger partial charge in [0.15, 0.2) is 0 Å². The number of aliphatic hydroxyl groups is 1. The lowest BCUT2D eigenvalue weighted by atomic mass is 9.93. The number of β-amino-alcohol motifs (C(OH)–C–C–N with tert-alkyl or cyclic N) is 1. The number of hydrogen-bond acceptors (Lipinski definition) is 2. The van der Waals surface area contributed by atoms with Crippen LogP contribution in [0, 0.1) is 0 Å². The summed E-state index contributed by atoms with van der Waals surface area (Å²) < 4.78 is 0. The van der Waals surface area contributed by atoms with Crippen molar-refractivity contribution in [1.29, 1.82) is 0 Å². The number of piperidine rings is 1. The van der Waals surface area contributed by atoms with Gasteiger partial charge in [0.1, 0.15) is 0 Å². The third kappa shape index (κ3) is 2.19. The molecule has 0 radical (unpaired) electrons. The lowest BCUT2D eigenvalue weighted by molar-refractivity contribution is 0.0129. The van der Waals surface area contributed by atoms with Crippen LogP contribution in [-0.2, 0) is 0 Å². The Labute approximate surface area is 74.2 Å². The topological polar surface area (TPSA) is 23.5 Å². The van der Waals surface area contributed by atoms with Crippen LogP contribution in [0.2, 0.25) is 0 Å². The Bertz CT molecular complexity index is 179. The Morgan fingerprint density at radius 1 is 1.50 bits per heavy atom. The van der Waals surface area contributed by atoms with E-state index in [1.54, 1.807) is 6.08 Å². The standard InChI is InChI=1S/C10H17NO/c1-3-7-11-8-5-6-10(12,4-2)9-11/h3-4,12H,1-2,5-9H2. The van der Waals surface area contributed by atoms with Gasteiger partial charge in [0.05, 0.1) is 5.60 Å². The smallest absolute Gasteiger partial charge is 0.0952 e. The summed E-state index contributed by atoms with van der Waals surface area (Å²) in [6.45, 7) is 9.94. The molecular weight excluding hydrogens is 150 g/mol. The molecular formula is C10H17NO. The second-order valence-corrected chi connectivity index (χ2v) is 3.44. The molecule has 1 N–H and O–H groups in total. The molecule has 0 amide bonds. The van der Waals surface area contributed by atoms with E-state index >= 15 is 0 Å². The maximum Gasteiger partial charge on any atom is 0.0952 e. The fraction of sp³-hybridized carbons (Fsp3) is 0.600. The van der Waals surface area contributed by atoms with Gasteiger partial charge in [0.2, 0.25) is 0 Å². The zero-order valence-corrected chi connectivity index (χ0v) is 7.50. The molecule has 1 unspecified atom stereocenters. The average molecular weight is 167 g/mol. The Hall–Kier alpha value is -0.600. The first-order valence-electron chi connectivity index (χ1n) is 4.39. The molecule has 68 valence electrons. The van der Waals surface area contributed by atoms with Crippen LogP contribution in [-0.4, -0.2) is 35.2 Å². The minimum Gasteiger partial charge on any atom is -0.384 e. The van der Waals surface area contributed by atoms with Gasteiger partial charge in [0, 0.05) is 13.1 Å². The first kappa shape index (κ1) is 9.49. The molecule has 0 bridgehead atoms. The fourth-order valence-electron chi connectivity index (χ4n) is 1.66. The van der Waals surface area contributed by atoms with Crippen LogP contribution < -0.4 is 0 Å². The molecule has 1 aliphatic heterocycles. The van der Waals surface area contributed by atoms with Gasteiger partial charge >= 0.3 is 0 Å². The second-order valence-electron chi connectivity index (χ2n) is 3.44. The molecule has 1 aliphatic rings. The average Bonchev–Trinajstić information content (AvgIpc) is 2.05. The van der Waals surface area contributed by atoms with Crippen LogP contribution >= 0.6 is 0 Å². The van der Waals surface area contributed by atoms with Gasteiger partial charge in [-0.05, 0) is 19.4 Å². The number of rotatable bonds is 3. The predicted octanol–water partition coefficient (Wildman–Crippen LogP) is 1.19. The van der Waals surface area contributed by atoms with Gasteiger partial charge in [-0.3, -0.25) is 4.90 Å². The summed E-state index contributed by atoms with van der Waals surface area (Å²) in [5.74, 6) is 0. The zero-order chi connectivity index (χ0) is 9.03. The SMILES string of the molecule is C=CCN1CCCC(O)(C=C)C1. The summed E-state index contributed by atoms with van der Waals surface area (Å²) in [6, 6.07) is 0. The molecule has 12 heavy (non-hydrogen) atoms. The van der Waals surface area contributed by atoms with Crippen LogP contribution in [0.15, 0.2) is 25.3 Å². The van der Waals surface area contributed by atoms with Gasteiger partial charge < -0.3 is 5.11 Å². The van der Waals surface area contributed by atoms with Crippen LogP contribution in [0.5, 0.6) is 0 Å². The number of nitrogens with zero attached hydrogens (tertiary/aromatic N) is 1.